The van der Waals surface area contributed by atoms with Crippen molar-refractivity contribution in [3.8, 4) is 0 Å². The minimum atomic E-state index is -1.27. The summed E-state index contributed by atoms with van der Waals surface area (Å²) in [6.45, 7) is 5.91. The van der Waals surface area contributed by atoms with Crippen LogP contribution in [0.15, 0.2) is 55.1 Å². The molecule has 1 amide bonds. The van der Waals surface area contributed by atoms with Gasteiger partial charge < -0.3 is 20.9 Å². The summed E-state index contributed by atoms with van der Waals surface area (Å²) < 4.78 is 18.8. The zero-order valence-electron chi connectivity index (χ0n) is 22.4. The number of aromatic nitrogens is 3. The van der Waals surface area contributed by atoms with Gasteiger partial charge in [-0.3, -0.25) is 4.79 Å². The number of halogens is 3. The number of nitrogens with one attached hydrogen (secondary N) is 1. The van der Waals surface area contributed by atoms with Gasteiger partial charge in [0.25, 0.3) is 5.91 Å². The number of aromatic carboxylic acids is 1. The second-order valence-electron chi connectivity index (χ2n) is 9.28. The number of hydrogen-bond acceptors (Lipinski definition) is 7. The number of nitrogens with zero attached hydrogens (tertiary/aromatic N) is 3. The van der Waals surface area contributed by atoms with E-state index in [1.807, 2.05) is 6.92 Å². The van der Waals surface area contributed by atoms with Crippen molar-refractivity contribution in [2.24, 2.45) is 5.73 Å². The van der Waals surface area contributed by atoms with Gasteiger partial charge in [-0.15, -0.1) is 0 Å². The standard InChI is InChI=1S/C22H19ClN4O5.C7H7ClFN.CH4/c1-3-8-32-22(31)13-4-5-14-12(11(13)2)6-7-15(14)25-20(28)17-9-16(21(29)30)24-19-10-18(23)26-27(17)19;8-6-3-5(4-10)1-2-7(6)9;/h3-5,9-10,15H,1,6-8H2,2H3,(H,25,28)(H,29,30);1-3H,4,10H2;1H4/t15-;;/m0../s1. The number of ether oxygens (including phenoxy) is 1. The smallest absolute Gasteiger partial charge is 0.354 e. The van der Waals surface area contributed by atoms with Crippen LogP contribution in [-0.4, -0.2) is 44.2 Å². The first-order valence-corrected chi connectivity index (χ1v) is 13.4. The molecule has 0 unspecified atom stereocenters. The quantitative estimate of drug-likeness (QED) is 0.173. The van der Waals surface area contributed by atoms with Gasteiger partial charge >= 0.3 is 11.9 Å². The number of nitrogens with two attached hydrogens (primary N) is 1. The molecule has 1 aliphatic rings. The van der Waals surface area contributed by atoms with Crippen LogP contribution in [0.1, 0.15) is 73.5 Å². The maximum atomic E-state index is 13.1. The van der Waals surface area contributed by atoms with Crippen molar-refractivity contribution in [3.05, 3.63) is 110 Å². The molecule has 0 radical (unpaired) electrons. The number of carboxylic acid groups (broad SMARTS) is 1. The number of amides is 1. The van der Waals surface area contributed by atoms with Crippen molar-refractivity contribution in [2.45, 2.75) is 39.8 Å². The Kier molecular flexibility index (Phi) is 11.0. The lowest BCUT2D eigenvalue weighted by atomic mass is 9.98. The second-order valence-corrected chi connectivity index (χ2v) is 10.1. The Labute approximate surface area is 257 Å². The third kappa shape index (κ3) is 7.37. The van der Waals surface area contributed by atoms with Crippen molar-refractivity contribution in [3.63, 3.8) is 0 Å². The van der Waals surface area contributed by atoms with Gasteiger partial charge in [-0.25, -0.2) is 23.5 Å². The zero-order valence-corrected chi connectivity index (χ0v) is 23.9. The predicted molar refractivity (Wildman–Crippen MR) is 161 cm³/mol. The number of esters is 1. The molecule has 226 valence electrons. The van der Waals surface area contributed by atoms with E-state index in [0.29, 0.717) is 24.9 Å². The number of rotatable bonds is 7. The van der Waals surface area contributed by atoms with Crippen molar-refractivity contribution in [1.82, 2.24) is 19.9 Å². The number of carboxylic acids is 1. The Balaban J connectivity index is 0.000000392. The topological polar surface area (TPSA) is 149 Å². The van der Waals surface area contributed by atoms with Crippen molar-refractivity contribution < 1.29 is 28.6 Å². The summed E-state index contributed by atoms with van der Waals surface area (Å²) in [5, 5.41) is 16.5. The Bertz CT molecular complexity index is 1710. The summed E-state index contributed by atoms with van der Waals surface area (Å²) in [6, 6.07) is 10.2. The van der Waals surface area contributed by atoms with E-state index in [9.17, 15) is 23.9 Å². The lowest BCUT2D eigenvalue weighted by Gasteiger charge is -2.16. The van der Waals surface area contributed by atoms with Crippen LogP contribution in [0.4, 0.5) is 4.39 Å². The Morgan fingerprint density at radius 2 is 1.98 bits per heavy atom. The minimum absolute atomic E-state index is 0. The van der Waals surface area contributed by atoms with Crippen LogP contribution in [0.3, 0.4) is 0 Å². The monoisotopic (exact) mass is 629 g/mol. The van der Waals surface area contributed by atoms with Crippen LogP contribution in [-0.2, 0) is 17.7 Å². The fraction of sp³-hybridized carbons (Fsp3) is 0.233. The minimum Gasteiger partial charge on any atom is -0.477 e. The van der Waals surface area contributed by atoms with E-state index in [1.165, 1.54) is 28.8 Å². The van der Waals surface area contributed by atoms with E-state index in [0.717, 1.165) is 28.3 Å². The molecular formula is C30H30Cl2FN5O5. The van der Waals surface area contributed by atoms with Crippen molar-refractivity contribution >= 4 is 46.7 Å². The maximum absolute atomic E-state index is 13.1. The van der Waals surface area contributed by atoms with E-state index >= 15 is 0 Å². The van der Waals surface area contributed by atoms with Crippen LogP contribution in [0.2, 0.25) is 10.2 Å². The number of benzene rings is 2. The van der Waals surface area contributed by atoms with Crippen molar-refractivity contribution in [2.75, 3.05) is 6.61 Å². The number of carbonyl (C=O) groups is 3. The first kappa shape index (κ1) is 33.2. The Hall–Kier alpha value is -4.32. The molecule has 2 aromatic heterocycles. The van der Waals surface area contributed by atoms with Gasteiger partial charge in [0.05, 0.1) is 16.6 Å². The van der Waals surface area contributed by atoms with E-state index in [2.05, 4.69) is 22.0 Å². The van der Waals surface area contributed by atoms with E-state index in [-0.39, 0.29) is 47.3 Å². The molecule has 0 aliphatic heterocycles. The number of fused-ring (bicyclic) bond motifs is 2. The van der Waals surface area contributed by atoms with Gasteiger partial charge in [-0.05, 0) is 60.2 Å². The second kappa shape index (κ2) is 14.2. The van der Waals surface area contributed by atoms with Gasteiger partial charge in [0.15, 0.2) is 16.5 Å². The largest absolute Gasteiger partial charge is 0.477 e. The molecule has 10 nitrogen and oxygen atoms in total. The molecule has 4 aromatic rings. The molecule has 0 saturated carbocycles. The number of carbonyl (C=O) groups excluding carboxylic acids is 2. The normalized spacial score (nSPS) is 13.3. The molecule has 1 aliphatic carbocycles. The first-order chi connectivity index (χ1) is 20.0. The molecule has 1 atom stereocenters. The highest BCUT2D eigenvalue weighted by atomic mass is 35.5. The Morgan fingerprint density at radius 3 is 2.63 bits per heavy atom. The van der Waals surface area contributed by atoms with Gasteiger partial charge in [0, 0.05) is 18.7 Å². The fourth-order valence-corrected chi connectivity index (χ4v) is 4.96. The highest BCUT2D eigenvalue weighted by Gasteiger charge is 2.29. The molecule has 0 saturated heterocycles. The van der Waals surface area contributed by atoms with E-state index in [4.69, 9.17) is 33.7 Å². The molecule has 43 heavy (non-hydrogen) atoms. The van der Waals surface area contributed by atoms with Gasteiger partial charge in [0.1, 0.15) is 18.1 Å². The van der Waals surface area contributed by atoms with Crippen LogP contribution >= 0.6 is 23.2 Å². The Morgan fingerprint density at radius 1 is 1.23 bits per heavy atom. The first-order valence-electron chi connectivity index (χ1n) is 12.7. The molecule has 5 rings (SSSR count). The molecule has 0 fully saturated rings. The molecule has 2 heterocycles. The van der Waals surface area contributed by atoms with Crippen molar-refractivity contribution in [1.29, 1.82) is 0 Å². The molecule has 4 N–H and O–H groups in total. The third-order valence-electron chi connectivity index (χ3n) is 6.62. The zero-order chi connectivity index (χ0) is 30.6. The highest BCUT2D eigenvalue weighted by Crippen LogP contribution is 2.35. The average Bonchev–Trinajstić information content (AvgIpc) is 3.55. The van der Waals surface area contributed by atoms with Crippen LogP contribution in [0, 0.1) is 12.7 Å². The molecule has 0 bridgehead atoms. The lowest BCUT2D eigenvalue weighted by molar-refractivity contribution is 0.0548. The van der Waals surface area contributed by atoms with E-state index < -0.39 is 23.7 Å². The highest BCUT2D eigenvalue weighted by molar-refractivity contribution is 6.30. The molecule has 0 spiro atoms. The fourth-order valence-electron chi connectivity index (χ4n) is 4.58. The van der Waals surface area contributed by atoms with Crippen LogP contribution in [0.5, 0.6) is 0 Å². The van der Waals surface area contributed by atoms with Crippen LogP contribution < -0.4 is 11.1 Å². The summed E-state index contributed by atoms with van der Waals surface area (Å²) in [5.74, 6) is -2.60. The van der Waals surface area contributed by atoms with Gasteiger partial charge in [-0.2, -0.15) is 5.10 Å². The predicted octanol–water partition coefficient (Wildman–Crippen LogP) is 5.72. The molecule has 13 heteroatoms. The summed E-state index contributed by atoms with van der Waals surface area (Å²) in [6.07, 6.45) is 2.81. The lowest BCUT2D eigenvalue weighted by Crippen LogP contribution is -2.29. The summed E-state index contributed by atoms with van der Waals surface area (Å²) in [5.41, 5.74) is 9.18. The summed E-state index contributed by atoms with van der Waals surface area (Å²) >= 11 is 11.4. The van der Waals surface area contributed by atoms with Crippen LogP contribution in [0.25, 0.3) is 5.65 Å². The van der Waals surface area contributed by atoms with Gasteiger partial charge in [-0.1, -0.05) is 55.4 Å². The van der Waals surface area contributed by atoms with E-state index in [1.54, 1.807) is 18.2 Å². The average molecular weight is 631 g/mol. The maximum Gasteiger partial charge on any atom is 0.354 e. The molecule has 2 aromatic carbocycles. The molecular weight excluding hydrogens is 600 g/mol. The summed E-state index contributed by atoms with van der Waals surface area (Å²) in [7, 11) is 0. The van der Waals surface area contributed by atoms with Gasteiger partial charge in [0.2, 0.25) is 0 Å². The number of hydrogen-bond donors (Lipinski definition) is 3. The third-order valence-corrected chi connectivity index (χ3v) is 7.09. The summed E-state index contributed by atoms with van der Waals surface area (Å²) in [4.78, 5) is 40.7. The SMILES string of the molecule is C.C=CCOC(=O)c1ccc2c(c1C)CC[C@@H]2NC(=O)c1cc(C(=O)O)nc2cc(Cl)nn12.NCc1ccc(F)c(Cl)c1.